The Bertz CT molecular complexity index is 637. The molecular formula is C44H90N4O2. The lowest BCUT2D eigenvalue weighted by Gasteiger charge is -2.21. The lowest BCUT2D eigenvalue weighted by molar-refractivity contribution is 0.223. The normalized spacial score (nSPS) is 11.3. The second-order valence-electron chi connectivity index (χ2n) is 15.5. The van der Waals surface area contributed by atoms with Crippen molar-refractivity contribution in [2.24, 2.45) is 0 Å². The van der Waals surface area contributed by atoms with Crippen molar-refractivity contribution >= 4 is 12.1 Å². The quantitative estimate of drug-likeness (QED) is 0.0378. The van der Waals surface area contributed by atoms with E-state index in [-0.39, 0.29) is 18.2 Å². The summed E-state index contributed by atoms with van der Waals surface area (Å²) in [7, 11) is 0. The smallest absolute Gasteiger partial charge is 0.316 e. The highest BCUT2D eigenvalue weighted by atomic mass is 16.2. The second kappa shape index (κ2) is 42.0. The summed E-state index contributed by atoms with van der Waals surface area (Å²) in [6, 6.07) is -0.351. The van der Waals surface area contributed by atoms with Crippen molar-refractivity contribution in [2.45, 2.75) is 258 Å². The number of nitrogens with one attached hydrogen (secondary N) is 4. The summed E-state index contributed by atoms with van der Waals surface area (Å²) in [5.74, 6) is 0. The lowest BCUT2D eigenvalue weighted by atomic mass is 10.0. The van der Waals surface area contributed by atoms with E-state index < -0.39 is 0 Å². The van der Waals surface area contributed by atoms with Crippen LogP contribution in [0.5, 0.6) is 0 Å². The molecule has 0 aliphatic rings. The van der Waals surface area contributed by atoms with E-state index in [1.807, 2.05) is 0 Å². The average Bonchev–Trinajstić information content (AvgIpc) is 3.11. The third-order valence-corrected chi connectivity index (χ3v) is 10.3. The molecule has 0 aliphatic heterocycles. The van der Waals surface area contributed by atoms with E-state index in [0.29, 0.717) is 13.1 Å². The van der Waals surface area contributed by atoms with Crippen molar-refractivity contribution in [3.05, 3.63) is 0 Å². The molecule has 6 nitrogen and oxygen atoms in total. The van der Waals surface area contributed by atoms with Crippen LogP contribution in [-0.4, -0.2) is 31.3 Å². The van der Waals surface area contributed by atoms with Crippen molar-refractivity contribution in [1.82, 2.24) is 21.3 Å². The number of rotatable bonds is 40. The highest BCUT2D eigenvalue weighted by molar-refractivity contribution is 5.77. The number of hydrogen-bond donors (Lipinski definition) is 4. The van der Waals surface area contributed by atoms with Crippen molar-refractivity contribution in [1.29, 1.82) is 0 Å². The molecule has 0 radical (unpaired) electrons. The maximum atomic E-state index is 12.6. The topological polar surface area (TPSA) is 82.3 Å². The summed E-state index contributed by atoms with van der Waals surface area (Å²) in [6.07, 6.45) is 46.8. The molecule has 0 fully saturated rings. The number of unbranched alkanes of at least 4 members (excludes halogenated alkanes) is 32. The molecule has 0 rings (SSSR count). The molecule has 0 atom stereocenters. The summed E-state index contributed by atoms with van der Waals surface area (Å²) in [6.45, 7) is 8.13. The van der Waals surface area contributed by atoms with Gasteiger partial charge in [0.15, 0.2) is 0 Å². The van der Waals surface area contributed by atoms with Gasteiger partial charge in [-0.3, -0.25) is 0 Å². The molecule has 0 aromatic rings. The highest BCUT2D eigenvalue weighted by Gasteiger charge is 2.14. The monoisotopic (exact) mass is 707 g/mol. The SMILES string of the molecule is CCCCCCCCCCCCCCCCCCNC(=O)NC(CCCCC)NC(=O)NCCCCCCCCCCCCCCCCCC. The maximum Gasteiger partial charge on any atom is 0.316 e. The van der Waals surface area contributed by atoms with Gasteiger partial charge >= 0.3 is 12.1 Å². The third-order valence-electron chi connectivity index (χ3n) is 10.3. The van der Waals surface area contributed by atoms with Crippen molar-refractivity contribution in [2.75, 3.05) is 13.1 Å². The molecule has 0 bridgehead atoms. The van der Waals surface area contributed by atoms with Gasteiger partial charge in [0.05, 0.1) is 0 Å². The molecule has 0 aliphatic carbocycles. The molecule has 4 N–H and O–H groups in total. The van der Waals surface area contributed by atoms with Crippen LogP contribution in [0.15, 0.2) is 0 Å². The van der Waals surface area contributed by atoms with Crippen molar-refractivity contribution in [3.63, 3.8) is 0 Å². The summed E-state index contributed by atoms with van der Waals surface area (Å²) >= 11 is 0. The van der Waals surface area contributed by atoms with Crippen LogP contribution < -0.4 is 21.3 Å². The zero-order valence-electron chi connectivity index (χ0n) is 34.3. The van der Waals surface area contributed by atoms with Crippen LogP contribution >= 0.6 is 0 Å². The number of amides is 4. The second-order valence-corrected chi connectivity index (χ2v) is 15.5. The van der Waals surface area contributed by atoms with Gasteiger partial charge in [0, 0.05) is 13.1 Å². The van der Waals surface area contributed by atoms with Gasteiger partial charge in [0.1, 0.15) is 6.17 Å². The Morgan fingerprint density at radius 1 is 0.320 bits per heavy atom. The predicted molar refractivity (Wildman–Crippen MR) is 220 cm³/mol. The molecule has 0 aromatic heterocycles. The standard InChI is InChI=1S/C44H90N4O2/c1-4-7-10-12-14-16-18-20-22-24-26-28-30-32-34-37-40-45-43(49)47-42(39-36-9-6-3)48-44(50)46-41-38-35-33-31-29-27-25-23-21-19-17-15-13-11-8-5-2/h42H,4-41H2,1-3H3,(H2,45,47,49)(H2,46,48,50). The molecule has 0 spiro atoms. The molecule has 50 heavy (non-hydrogen) atoms. The van der Waals surface area contributed by atoms with Gasteiger partial charge in [-0.05, 0) is 25.7 Å². The van der Waals surface area contributed by atoms with Crippen LogP contribution in [-0.2, 0) is 0 Å². The fourth-order valence-corrected chi connectivity index (χ4v) is 6.95. The van der Waals surface area contributed by atoms with E-state index in [1.54, 1.807) is 0 Å². The molecule has 0 heterocycles. The first-order valence-corrected chi connectivity index (χ1v) is 22.7. The molecule has 6 heteroatoms. The van der Waals surface area contributed by atoms with Gasteiger partial charge in [-0.25, -0.2) is 9.59 Å². The van der Waals surface area contributed by atoms with Crippen molar-refractivity contribution in [3.8, 4) is 0 Å². The summed E-state index contributed by atoms with van der Waals surface area (Å²) in [4.78, 5) is 25.1. The minimum Gasteiger partial charge on any atom is -0.338 e. The summed E-state index contributed by atoms with van der Waals surface area (Å²) < 4.78 is 0. The fourth-order valence-electron chi connectivity index (χ4n) is 6.95. The van der Waals surface area contributed by atoms with E-state index in [9.17, 15) is 9.59 Å². The van der Waals surface area contributed by atoms with E-state index in [0.717, 1.165) is 51.4 Å². The first-order chi connectivity index (χ1) is 24.6. The van der Waals surface area contributed by atoms with Gasteiger partial charge in [-0.2, -0.15) is 0 Å². The Kier molecular flexibility index (Phi) is 40.7. The summed E-state index contributed by atoms with van der Waals surface area (Å²) in [5.41, 5.74) is 0. The Balaban J connectivity index is 3.74. The van der Waals surface area contributed by atoms with Crippen LogP contribution in [0, 0.1) is 0 Å². The van der Waals surface area contributed by atoms with Crippen LogP contribution in [0.4, 0.5) is 9.59 Å². The summed E-state index contributed by atoms with van der Waals surface area (Å²) in [5, 5.41) is 12.0. The Morgan fingerprint density at radius 3 is 0.800 bits per heavy atom. The largest absolute Gasteiger partial charge is 0.338 e. The van der Waals surface area contributed by atoms with Crippen LogP contribution in [0.1, 0.15) is 252 Å². The van der Waals surface area contributed by atoms with Crippen molar-refractivity contribution < 1.29 is 9.59 Å². The number of urea groups is 2. The van der Waals surface area contributed by atoms with Gasteiger partial charge in [0.25, 0.3) is 0 Å². The lowest BCUT2D eigenvalue weighted by Crippen LogP contribution is -2.53. The molecular weight excluding hydrogens is 617 g/mol. The zero-order valence-corrected chi connectivity index (χ0v) is 34.3. The third kappa shape index (κ3) is 39.3. The minimum atomic E-state index is -0.335. The Labute approximate surface area is 313 Å². The zero-order chi connectivity index (χ0) is 36.4. The number of carbonyl (C=O) groups excluding carboxylic acids is 2. The molecule has 4 amide bonds. The van der Waals surface area contributed by atoms with E-state index in [4.69, 9.17) is 0 Å². The number of hydrogen-bond acceptors (Lipinski definition) is 2. The van der Waals surface area contributed by atoms with Gasteiger partial charge < -0.3 is 21.3 Å². The highest BCUT2D eigenvalue weighted by Crippen LogP contribution is 2.15. The predicted octanol–water partition coefficient (Wildman–Crippen LogP) is 14.0. The molecule has 0 saturated carbocycles. The van der Waals surface area contributed by atoms with Gasteiger partial charge in [-0.15, -0.1) is 0 Å². The van der Waals surface area contributed by atoms with Gasteiger partial charge in [0.2, 0.25) is 0 Å². The van der Waals surface area contributed by atoms with Gasteiger partial charge in [-0.1, -0.05) is 226 Å². The van der Waals surface area contributed by atoms with Crippen LogP contribution in [0.25, 0.3) is 0 Å². The molecule has 298 valence electrons. The first kappa shape index (κ1) is 48.5. The number of carbonyl (C=O) groups is 2. The van der Waals surface area contributed by atoms with Crippen LogP contribution in [0.3, 0.4) is 0 Å². The Hall–Kier alpha value is -1.46. The molecule has 0 saturated heterocycles. The maximum absolute atomic E-state index is 12.6. The molecule has 0 aromatic carbocycles. The van der Waals surface area contributed by atoms with E-state index in [1.165, 1.54) is 180 Å². The Morgan fingerprint density at radius 2 is 0.540 bits per heavy atom. The first-order valence-electron chi connectivity index (χ1n) is 22.7. The van der Waals surface area contributed by atoms with Crippen LogP contribution in [0.2, 0.25) is 0 Å². The molecule has 0 unspecified atom stereocenters. The van der Waals surface area contributed by atoms with E-state index >= 15 is 0 Å². The fraction of sp³-hybridized carbons (Fsp3) is 0.955. The average molecular weight is 707 g/mol. The van der Waals surface area contributed by atoms with E-state index in [2.05, 4.69) is 42.0 Å². The minimum absolute atomic E-state index is 0.175.